The Labute approximate surface area is 130 Å². The van der Waals surface area contributed by atoms with Crippen molar-refractivity contribution in [1.82, 2.24) is 25.0 Å². The first kappa shape index (κ1) is 16.3. The first-order valence-electron chi connectivity index (χ1n) is 7.36. The molecule has 0 aliphatic carbocycles. The van der Waals surface area contributed by atoms with E-state index >= 15 is 0 Å². The zero-order chi connectivity index (χ0) is 16.3. The van der Waals surface area contributed by atoms with Crippen molar-refractivity contribution in [2.24, 2.45) is 23.9 Å². The van der Waals surface area contributed by atoms with Crippen LogP contribution in [0.1, 0.15) is 18.6 Å². The van der Waals surface area contributed by atoms with E-state index in [9.17, 15) is 4.79 Å². The first-order valence-corrected chi connectivity index (χ1v) is 7.36. The average Bonchev–Trinajstić information content (AvgIpc) is 3.04. The molecule has 1 aromatic heterocycles. The minimum absolute atomic E-state index is 0.111. The quantitative estimate of drug-likeness (QED) is 0.478. The summed E-state index contributed by atoms with van der Waals surface area (Å²) in [6.07, 6.45) is 0. The molecule has 0 bridgehead atoms. The zero-order valence-corrected chi connectivity index (χ0v) is 13.8. The van der Waals surface area contributed by atoms with Crippen molar-refractivity contribution in [3.63, 3.8) is 0 Å². The minimum atomic E-state index is -0.158. The van der Waals surface area contributed by atoms with Gasteiger partial charge in [-0.05, 0) is 12.8 Å². The summed E-state index contributed by atoms with van der Waals surface area (Å²) < 4.78 is 6.80. The van der Waals surface area contributed by atoms with Crippen molar-refractivity contribution in [3.8, 4) is 0 Å². The van der Waals surface area contributed by atoms with Crippen molar-refractivity contribution in [1.29, 1.82) is 0 Å². The van der Waals surface area contributed by atoms with E-state index in [2.05, 4.69) is 32.3 Å². The number of aryl methyl sites for hydroxylation is 1. The highest BCUT2D eigenvalue weighted by Gasteiger charge is 2.36. The molecular weight excluding hydrogens is 284 g/mol. The number of hydrogen-bond acceptors (Lipinski definition) is 5. The largest absolute Gasteiger partial charge is 0.469 e. The molecule has 2 heterocycles. The van der Waals surface area contributed by atoms with Gasteiger partial charge in [-0.1, -0.05) is 6.92 Å². The fourth-order valence-electron chi connectivity index (χ4n) is 2.69. The summed E-state index contributed by atoms with van der Waals surface area (Å²) in [5.41, 5.74) is 0. The lowest BCUT2D eigenvalue weighted by Crippen LogP contribution is -2.40. The zero-order valence-electron chi connectivity index (χ0n) is 13.8. The molecule has 1 aliphatic rings. The molecule has 2 atom stereocenters. The second-order valence-corrected chi connectivity index (χ2v) is 5.64. The van der Waals surface area contributed by atoms with Crippen LogP contribution in [0.15, 0.2) is 4.99 Å². The van der Waals surface area contributed by atoms with Crippen molar-refractivity contribution < 1.29 is 9.53 Å². The third-order valence-electron chi connectivity index (χ3n) is 4.21. The fourth-order valence-corrected chi connectivity index (χ4v) is 2.69. The molecule has 8 nitrogen and oxygen atoms in total. The van der Waals surface area contributed by atoms with E-state index in [-0.39, 0.29) is 17.8 Å². The molecule has 2 rings (SSSR count). The maximum absolute atomic E-state index is 11.8. The smallest absolute Gasteiger partial charge is 0.310 e. The van der Waals surface area contributed by atoms with Gasteiger partial charge in [-0.2, -0.15) is 0 Å². The topological polar surface area (TPSA) is 84.6 Å². The van der Waals surface area contributed by atoms with Crippen LogP contribution in [0.2, 0.25) is 0 Å². The number of guanidine groups is 1. The van der Waals surface area contributed by atoms with Gasteiger partial charge in [-0.25, -0.2) is 0 Å². The molecule has 1 aromatic rings. The molecule has 0 spiro atoms. The summed E-state index contributed by atoms with van der Waals surface area (Å²) in [5.74, 6) is 2.44. The Balaban J connectivity index is 1.98. The number of ether oxygens (including phenoxy) is 1. The van der Waals surface area contributed by atoms with Crippen LogP contribution in [0.3, 0.4) is 0 Å². The number of nitrogens with one attached hydrogen (secondary N) is 1. The highest BCUT2D eigenvalue weighted by Crippen LogP contribution is 2.24. The Kier molecular flexibility index (Phi) is 4.99. The van der Waals surface area contributed by atoms with Crippen LogP contribution in [0.4, 0.5) is 0 Å². The van der Waals surface area contributed by atoms with E-state index in [1.54, 1.807) is 7.05 Å². The van der Waals surface area contributed by atoms with Gasteiger partial charge in [-0.3, -0.25) is 9.79 Å². The van der Waals surface area contributed by atoms with E-state index in [1.807, 2.05) is 18.5 Å². The Morgan fingerprint density at radius 3 is 2.73 bits per heavy atom. The van der Waals surface area contributed by atoms with Gasteiger partial charge in [0.15, 0.2) is 11.8 Å². The van der Waals surface area contributed by atoms with Gasteiger partial charge in [0, 0.05) is 27.2 Å². The minimum Gasteiger partial charge on any atom is -0.469 e. The van der Waals surface area contributed by atoms with Gasteiger partial charge in [0.25, 0.3) is 0 Å². The predicted molar refractivity (Wildman–Crippen MR) is 82.2 cm³/mol. The molecule has 0 radical (unpaired) electrons. The van der Waals surface area contributed by atoms with E-state index < -0.39 is 0 Å². The van der Waals surface area contributed by atoms with Crippen LogP contribution in [-0.2, 0) is 23.1 Å². The van der Waals surface area contributed by atoms with Crippen LogP contribution >= 0.6 is 0 Å². The van der Waals surface area contributed by atoms with Gasteiger partial charge in [0.2, 0.25) is 0 Å². The predicted octanol–water partition coefficient (Wildman–Crippen LogP) is -0.0602. The van der Waals surface area contributed by atoms with E-state index in [0.29, 0.717) is 13.1 Å². The maximum atomic E-state index is 11.8. The highest BCUT2D eigenvalue weighted by atomic mass is 16.5. The van der Waals surface area contributed by atoms with Gasteiger partial charge in [-0.15, -0.1) is 10.2 Å². The standard InChI is InChI=1S/C14H24N6O2/c1-9-7-20(8-11(9)13(21)22-5)14(15-3)16-6-12-18-17-10(2)19(12)4/h9,11H,6-8H2,1-5H3,(H,15,16). The van der Waals surface area contributed by atoms with Gasteiger partial charge < -0.3 is 19.5 Å². The van der Waals surface area contributed by atoms with Crippen molar-refractivity contribution in [2.45, 2.75) is 20.4 Å². The molecule has 0 aromatic carbocycles. The second-order valence-electron chi connectivity index (χ2n) is 5.64. The molecule has 0 amide bonds. The number of carbonyl (C=O) groups excluding carboxylic acids is 1. The summed E-state index contributed by atoms with van der Waals surface area (Å²) in [5, 5.41) is 11.4. The van der Waals surface area contributed by atoms with Crippen molar-refractivity contribution >= 4 is 11.9 Å². The fraction of sp³-hybridized carbons (Fsp3) is 0.714. The van der Waals surface area contributed by atoms with Crippen LogP contribution in [-0.4, -0.2) is 58.8 Å². The van der Waals surface area contributed by atoms with Crippen molar-refractivity contribution in [2.75, 3.05) is 27.2 Å². The number of methoxy groups -OCH3 is 1. The number of rotatable bonds is 3. The highest BCUT2D eigenvalue weighted by molar-refractivity contribution is 5.82. The summed E-state index contributed by atoms with van der Waals surface area (Å²) in [7, 11) is 5.10. The SMILES string of the molecule is CN=C(NCc1nnc(C)n1C)N1CC(C)C(C(=O)OC)C1. The molecular formula is C14H24N6O2. The molecule has 1 N–H and O–H groups in total. The summed E-state index contributed by atoms with van der Waals surface area (Å²) in [4.78, 5) is 18.2. The number of nitrogens with zero attached hydrogens (tertiary/aromatic N) is 5. The molecule has 22 heavy (non-hydrogen) atoms. The Morgan fingerprint density at radius 1 is 1.45 bits per heavy atom. The number of likely N-dealkylation sites (tertiary alicyclic amines) is 1. The number of aliphatic imine (C=N–C) groups is 1. The number of carbonyl (C=O) groups is 1. The molecule has 0 saturated carbocycles. The van der Waals surface area contributed by atoms with E-state index in [0.717, 1.165) is 24.2 Å². The maximum Gasteiger partial charge on any atom is 0.310 e. The van der Waals surface area contributed by atoms with E-state index in [1.165, 1.54) is 7.11 Å². The van der Waals surface area contributed by atoms with Crippen LogP contribution in [0.5, 0.6) is 0 Å². The van der Waals surface area contributed by atoms with Crippen LogP contribution < -0.4 is 5.32 Å². The lowest BCUT2D eigenvalue weighted by molar-refractivity contribution is -0.145. The average molecular weight is 308 g/mol. The summed E-state index contributed by atoms with van der Waals surface area (Å²) in [6.45, 7) is 5.90. The normalized spacial score (nSPS) is 22.0. The molecule has 8 heteroatoms. The summed E-state index contributed by atoms with van der Waals surface area (Å²) >= 11 is 0. The molecule has 1 saturated heterocycles. The molecule has 122 valence electrons. The van der Waals surface area contributed by atoms with E-state index in [4.69, 9.17) is 4.74 Å². The molecule has 1 fully saturated rings. The Bertz CT molecular complexity index is 568. The lowest BCUT2D eigenvalue weighted by Gasteiger charge is -2.21. The monoisotopic (exact) mass is 308 g/mol. The molecule has 1 aliphatic heterocycles. The third kappa shape index (κ3) is 3.20. The number of aromatic nitrogens is 3. The van der Waals surface area contributed by atoms with Crippen LogP contribution in [0, 0.1) is 18.8 Å². The van der Waals surface area contributed by atoms with Gasteiger partial charge >= 0.3 is 5.97 Å². The number of hydrogen-bond donors (Lipinski definition) is 1. The van der Waals surface area contributed by atoms with Gasteiger partial charge in [0.05, 0.1) is 19.6 Å². The lowest BCUT2D eigenvalue weighted by atomic mass is 9.99. The Morgan fingerprint density at radius 2 is 2.18 bits per heavy atom. The van der Waals surface area contributed by atoms with Crippen LogP contribution in [0.25, 0.3) is 0 Å². The summed E-state index contributed by atoms with van der Waals surface area (Å²) in [6, 6.07) is 0. The Hall–Kier alpha value is -2.12. The third-order valence-corrected chi connectivity index (χ3v) is 4.21. The van der Waals surface area contributed by atoms with Gasteiger partial charge in [0.1, 0.15) is 5.82 Å². The van der Waals surface area contributed by atoms with Crippen molar-refractivity contribution in [3.05, 3.63) is 11.6 Å². The molecule has 2 unspecified atom stereocenters. The second kappa shape index (κ2) is 6.76. The number of esters is 1. The first-order chi connectivity index (χ1) is 10.5.